The highest BCUT2D eigenvalue weighted by molar-refractivity contribution is 6.30. The lowest BCUT2D eigenvalue weighted by molar-refractivity contribution is 0.0691. The highest BCUT2D eigenvalue weighted by Crippen LogP contribution is 2.19. The second-order valence-electron chi connectivity index (χ2n) is 3.19. The summed E-state index contributed by atoms with van der Waals surface area (Å²) in [5, 5.41) is 12.4. The number of rotatable bonds is 3. The summed E-state index contributed by atoms with van der Waals surface area (Å²) in [6, 6.07) is 6.84. The van der Waals surface area contributed by atoms with Gasteiger partial charge >= 0.3 is 5.97 Å². The normalized spacial score (nSPS) is 9.94. The molecule has 6 heteroatoms. The SMILES string of the molecule is O=C(O)c1nccnc1Nc1ccc(Cl)cc1. The molecule has 0 spiro atoms. The van der Waals surface area contributed by atoms with E-state index >= 15 is 0 Å². The van der Waals surface area contributed by atoms with E-state index in [1.54, 1.807) is 24.3 Å². The predicted molar refractivity (Wildman–Crippen MR) is 63.7 cm³/mol. The number of halogens is 1. The van der Waals surface area contributed by atoms with Crippen molar-refractivity contribution >= 4 is 29.1 Å². The molecule has 0 atom stereocenters. The molecule has 5 nitrogen and oxygen atoms in total. The molecule has 17 heavy (non-hydrogen) atoms. The van der Waals surface area contributed by atoms with Gasteiger partial charge in [0.05, 0.1) is 0 Å². The number of carboxylic acids is 1. The van der Waals surface area contributed by atoms with Crippen molar-refractivity contribution in [3.63, 3.8) is 0 Å². The first-order valence-corrected chi connectivity index (χ1v) is 5.11. The van der Waals surface area contributed by atoms with Crippen LogP contribution < -0.4 is 5.32 Å². The summed E-state index contributed by atoms with van der Waals surface area (Å²) < 4.78 is 0. The molecule has 1 aromatic heterocycles. The monoisotopic (exact) mass is 249 g/mol. The van der Waals surface area contributed by atoms with Crippen molar-refractivity contribution < 1.29 is 9.90 Å². The van der Waals surface area contributed by atoms with Crippen molar-refractivity contribution in [2.75, 3.05) is 5.32 Å². The number of hydrogen-bond donors (Lipinski definition) is 2. The predicted octanol–water partition coefficient (Wildman–Crippen LogP) is 2.57. The van der Waals surface area contributed by atoms with E-state index in [2.05, 4.69) is 15.3 Å². The molecule has 0 radical (unpaired) electrons. The van der Waals surface area contributed by atoms with Gasteiger partial charge in [0.25, 0.3) is 0 Å². The van der Waals surface area contributed by atoms with Crippen LogP contribution in [0.15, 0.2) is 36.7 Å². The third kappa shape index (κ3) is 2.70. The molecule has 0 unspecified atom stereocenters. The molecule has 0 bridgehead atoms. The highest BCUT2D eigenvalue weighted by Gasteiger charge is 2.12. The molecule has 0 fully saturated rings. The number of nitrogens with one attached hydrogen (secondary N) is 1. The Balaban J connectivity index is 2.30. The first kappa shape index (κ1) is 11.3. The lowest BCUT2D eigenvalue weighted by atomic mass is 10.3. The Morgan fingerprint density at radius 1 is 1.18 bits per heavy atom. The van der Waals surface area contributed by atoms with Crippen molar-refractivity contribution in [1.82, 2.24) is 9.97 Å². The number of carboxylic acid groups (broad SMARTS) is 1. The van der Waals surface area contributed by atoms with Crippen molar-refractivity contribution in [3.05, 3.63) is 47.4 Å². The lowest BCUT2D eigenvalue weighted by Crippen LogP contribution is -2.06. The zero-order valence-corrected chi connectivity index (χ0v) is 9.35. The van der Waals surface area contributed by atoms with Crippen molar-refractivity contribution in [3.8, 4) is 0 Å². The average molecular weight is 250 g/mol. The van der Waals surface area contributed by atoms with Crippen LogP contribution in [-0.4, -0.2) is 21.0 Å². The molecule has 2 aromatic rings. The van der Waals surface area contributed by atoms with Crippen LogP contribution in [0.2, 0.25) is 5.02 Å². The second kappa shape index (κ2) is 4.80. The first-order valence-electron chi connectivity index (χ1n) is 4.74. The van der Waals surface area contributed by atoms with Crippen molar-refractivity contribution in [2.24, 2.45) is 0 Å². The van der Waals surface area contributed by atoms with Gasteiger partial charge in [0.1, 0.15) is 0 Å². The largest absolute Gasteiger partial charge is 0.476 e. The number of hydrogen-bond acceptors (Lipinski definition) is 4. The zero-order chi connectivity index (χ0) is 12.3. The van der Waals surface area contributed by atoms with E-state index in [9.17, 15) is 4.79 Å². The quantitative estimate of drug-likeness (QED) is 0.874. The smallest absolute Gasteiger partial charge is 0.358 e. The molecular weight excluding hydrogens is 242 g/mol. The van der Waals surface area contributed by atoms with Gasteiger partial charge in [-0.05, 0) is 24.3 Å². The molecule has 0 saturated heterocycles. The zero-order valence-electron chi connectivity index (χ0n) is 8.59. The molecule has 1 heterocycles. The molecule has 0 aliphatic heterocycles. The first-order chi connectivity index (χ1) is 8.16. The fraction of sp³-hybridized carbons (Fsp3) is 0. The molecule has 0 amide bonds. The van der Waals surface area contributed by atoms with Gasteiger partial charge in [0, 0.05) is 23.1 Å². The van der Waals surface area contributed by atoms with E-state index in [-0.39, 0.29) is 11.5 Å². The maximum Gasteiger partial charge on any atom is 0.358 e. The standard InChI is InChI=1S/C11H8ClN3O2/c12-7-1-3-8(4-2-7)15-10-9(11(16)17)13-5-6-14-10/h1-6H,(H,14,15)(H,16,17). The Bertz CT molecular complexity index is 543. The summed E-state index contributed by atoms with van der Waals surface area (Å²) in [5.74, 6) is -0.933. The van der Waals surface area contributed by atoms with E-state index in [0.29, 0.717) is 10.7 Å². The summed E-state index contributed by atoms with van der Waals surface area (Å²) in [7, 11) is 0. The molecule has 1 aromatic carbocycles. The Kier molecular flexibility index (Phi) is 3.20. The van der Waals surface area contributed by atoms with Crippen LogP contribution in [0.5, 0.6) is 0 Å². The summed E-state index contributed by atoms with van der Waals surface area (Å²) in [5.41, 5.74) is 0.569. The van der Waals surface area contributed by atoms with E-state index in [0.717, 1.165) is 0 Å². The number of nitrogens with zero attached hydrogens (tertiary/aromatic N) is 2. The number of benzene rings is 1. The van der Waals surface area contributed by atoms with Gasteiger partial charge in [0.2, 0.25) is 0 Å². The van der Waals surface area contributed by atoms with Crippen LogP contribution in [0.3, 0.4) is 0 Å². The van der Waals surface area contributed by atoms with Crippen LogP contribution in [-0.2, 0) is 0 Å². The summed E-state index contributed by atoms with van der Waals surface area (Å²) >= 11 is 5.75. The Morgan fingerprint density at radius 3 is 2.47 bits per heavy atom. The van der Waals surface area contributed by atoms with Crippen LogP contribution in [0, 0.1) is 0 Å². The lowest BCUT2D eigenvalue weighted by Gasteiger charge is -2.07. The van der Waals surface area contributed by atoms with Crippen molar-refractivity contribution in [2.45, 2.75) is 0 Å². The minimum Gasteiger partial charge on any atom is -0.476 e. The molecule has 2 rings (SSSR count). The third-order valence-corrected chi connectivity index (χ3v) is 2.26. The number of anilines is 2. The minimum atomic E-state index is -1.13. The topological polar surface area (TPSA) is 75.1 Å². The Hall–Kier alpha value is -2.14. The molecule has 86 valence electrons. The average Bonchev–Trinajstić information content (AvgIpc) is 2.32. The van der Waals surface area contributed by atoms with E-state index in [1.165, 1.54) is 12.4 Å². The summed E-state index contributed by atoms with van der Waals surface area (Å²) in [4.78, 5) is 18.6. The van der Waals surface area contributed by atoms with E-state index in [4.69, 9.17) is 16.7 Å². The molecule has 2 N–H and O–H groups in total. The van der Waals surface area contributed by atoms with Crippen LogP contribution in [0.4, 0.5) is 11.5 Å². The van der Waals surface area contributed by atoms with Crippen LogP contribution >= 0.6 is 11.6 Å². The number of carbonyl (C=O) groups is 1. The van der Waals surface area contributed by atoms with Gasteiger partial charge in [-0.25, -0.2) is 14.8 Å². The van der Waals surface area contributed by atoms with Gasteiger partial charge in [-0.3, -0.25) is 0 Å². The van der Waals surface area contributed by atoms with Crippen LogP contribution in [0.25, 0.3) is 0 Å². The molecular formula is C11H8ClN3O2. The number of aromatic carboxylic acids is 1. The summed E-state index contributed by atoms with van der Waals surface area (Å²) in [6.45, 7) is 0. The third-order valence-electron chi connectivity index (χ3n) is 2.01. The van der Waals surface area contributed by atoms with E-state index < -0.39 is 5.97 Å². The fourth-order valence-corrected chi connectivity index (χ4v) is 1.38. The van der Waals surface area contributed by atoms with E-state index in [1.807, 2.05) is 0 Å². The number of aromatic nitrogens is 2. The highest BCUT2D eigenvalue weighted by atomic mass is 35.5. The Labute approximate surface area is 102 Å². The van der Waals surface area contributed by atoms with Gasteiger partial charge in [-0.1, -0.05) is 11.6 Å². The van der Waals surface area contributed by atoms with Gasteiger partial charge in [-0.15, -0.1) is 0 Å². The van der Waals surface area contributed by atoms with Gasteiger partial charge < -0.3 is 10.4 Å². The fourth-order valence-electron chi connectivity index (χ4n) is 1.26. The van der Waals surface area contributed by atoms with Crippen LogP contribution in [0.1, 0.15) is 10.5 Å². The molecule has 0 saturated carbocycles. The Morgan fingerprint density at radius 2 is 1.82 bits per heavy atom. The van der Waals surface area contributed by atoms with Gasteiger partial charge in [0.15, 0.2) is 11.5 Å². The van der Waals surface area contributed by atoms with Gasteiger partial charge in [-0.2, -0.15) is 0 Å². The summed E-state index contributed by atoms with van der Waals surface area (Å²) in [6.07, 6.45) is 2.75. The second-order valence-corrected chi connectivity index (χ2v) is 3.63. The van der Waals surface area contributed by atoms with Crippen molar-refractivity contribution in [1.29, 1.82) is 0 Å². The molecule has 0 aliphatic rings. The molecule has 0 aliphatic carbocycles. The maximum absolute atomic E-state index is 10.9. The minimum absolute atomic E-state index is 0.123. The maximum atomic E-state index is 10.9.